The molecular formula is C22H22N2O5S2. The number of thiophene rings is 1. The summed E-state index contributed by atoms with van der Waals surface area (Å²) in [6.07, 6.45) is 4.33. The maximum Gasteiger partial charge on any atom is 0.348 e. The topological polar surface area (TPSA) is 86.8 Å². The molecule has 0 spiro atoms. The third-order valence-electron chi connectivity index (χ3n) is 4.96. The van der Waals surface area contributed by atoms with Gasteiger partial charge < -0.3 is 14.2 Å². The van der Waals surface area contributed by atoms with Crippen molar-refractivity contribution in [2.24, 2.45) is 0 Å². The van der Waals surface area contributed by atoms with E-state index in [9.17, 15) is 9.59 Å². The Bertz CT molecular complexity index is 1080. The Morgan fingerprint density at radius 2 is 1.90 bits per heavy atom. The van der Waals surface area contributed by atoms with Crippen LogP contribution in [0.2, 0.25) is 0 Å². The van der Waals surface area contributed by atoms with Gasteiger partial charge in [-0.25, -0.2) is 9.78 Å². The van der Waals surface area contributed by atoms with Crippen LogP contribution in [0.5, 0.6) is 11.5 Å². The molecule has 2 aromatic heterocycles. The van der Waals surface area contributed by atoms with Crippen LogP contribution in [0.4, 0.5) is 5.13 Å². The minimum atomic E-state index is -0.459. The van der Waals surface area contributed by atoms with Gasteiger partial charge in [0.15, 0.2) is 23.2 Å². The van der Waals surface area contributed by atoms with E-state index in [0.29, 0.717) is 27.2 Å². The summed E-state index contributed by atoms with van der Waals surface area (Å²) in [6, 6.07) is 7.38. The molecule has 0 saturated heterocycles. The Kier molecular flexibility index (Phi) is 6.53. The Labute approximate surface area is 188 Å². The standard InChI is InChI=1S/C22H22N2O5S2/c1-27-16-8-7-13(9-17(16)28-2)15-12-30-22(23-15)24-20(25)11-29-21(26)19-10-14-5-3-4-6-18(14)31-19/h7-10,12H,3-6,11H2,1-2H3,(H,23,24,25). The molecule has 0 saturated carbocycles. The minimum absolute atomic E-state index is 0.354. The van der Waals surface area contributed by atoms with Crippen LogP contribution in [0.15, 0.2) is 29.6 Å². The molecule has 1 N–H and O–H groups in total. The largest absolute Gasteiger partial charge is 0.493 e. The van der Waals surface area contributed by atoms with Crippen molar-refractivity contribution in [1.29, 1.82) is 0 Å². The first kappa shape index (κ1) is 21.3. The second-order valence-electron chi connectivity index (χ2n) is 7.00. The number of fused-ring (bicyclic) bond motifs is 1. The van der Waals surface area contributed by atoms with E-state index in [1.807, 2.05) is 23.6 Å². The third-order valence-corrected chi connectivity index (χ3v) is 6.94. The number of methoxy groups -OCH3 is 2. The molecule has 0 unspecified atom stereocenters. The molecule has 0 radical (unpaired) electrons. The van der Waals surface area contributed by atoms with Crippen molar-refractivity contribution in [2.45, 2.75) is 25.7 Å². The second kappa shape index (κ2) is 9.49. The van der Waals surface area contributed by atoms with Crippen LogP contribution in [0, 0.1) is 0 Å². The molecule has 2 heterocycles. The SMILES string of the molecule is COc1ccc(-c2csc(NC(=O)COC(=O)c3cc4c(s3)CCCC4)n2)cc1OC. The maximum absolute atomic E-state index is 12.3. The van der Waals surface area contributed by atoms with Gasteiger partial charge in [0.05, 0.1) is 19.9 Å². The van der Waals surface area contributed by atoms with Gasteiger partial charge in [-0.1, -0.05) is 0 Å². The summed E-state index contributed by atoms with van der Waals surface area (Å²) in [7, 11) is 3.15. The number of rotatable bonds is 7. The van der Waals surface area contributed by atoms with E-state index in [2.05, 4.69) is 10.3 Å². The summed E-state index contributed by atoms with van der Waals surface area (Å²) in [6.45, 7) is -0.354. The van der Waals surface area contributed by atoms with Gasteiger partial charge in [-0.05, 0) is 55.5 Å². The van der Waals surface area contributed by atoms with Crippen LogP contribution in [0.3, 0.4) is 0 Å². The number of anilines is 1. The fourth-order valence-electron chi connectivity index (χ4n) is 3.41. The highest BCUT2D eigenvalue weighted by atomic mass is 32.1. The van der Waals surface area contributed by atoms with Crippen LogP contribution in [-0.2, 0) is 22.4 Å². The molecule has 162 valence electrons. The zero-order valence-electron chi connectivity index (χ0n) is 17.2. The molecule has 0 bridgehead atoms. The second-order valence-corrected chi connectivity index (χ2v) is 8.99. The summed E-state index contributed by atoms with van der Waals surface area (Å²) in [4.78, 5) is 30.8. The van der Waals surface area contributed by atoms with Crippen molar-refractivity contribution in [2.75, 3.05) is 26.1 Å². The molecule has 0 aliphatic heterocycles. The van der Waals surface area contributed by atoms with Gasteiger partial charge >= 0.3 is 5.97 Å². The number of benzene rings is 1. The fourth-order valence-corrected chi connectivity index (χ4v) is 5.29. The van der Waals surface area contributed by atoms with E-state index in [4.69, 9.17) is 14.2 Å². The predicted molar refractivity (Wildman–Crippen MR) is 121 cm³/mol. The van der Waals surface area contributed by atoms with Gasteiger partial charge in [0, 0.05) is 15.8 Å². The lowest BCUT2D eigenvalue weighted by molar-refractivity contribution is -0.119. The molecule has 0 atom stereocenters. The molecule has 0 fully saturated rings. The van der Waals surface area contributed by atoms with E-state index in [1.54, 1.807) is 20.3 Å². The number of nitrogens with one attached hydrogen (secondary N) is 1. The van der Waals surface area contributed by atoms with Crippen molar-refractivity contribution in [3.63, 3.8) is 0 Å². The van der Waals surface area contributed by atoms with Gasteiger partial charge in [0.2, 0.25) is 0 Å². The van der Waals surface area contributed by atoms with Crippen LogP contribution >= 0.6 is 22.7 Å². The van der Waals surface area contributed by atoms with E-state index in [1.165, 1.54) is 33.1 Å². The van der Waals surface area contributed by atoms with Crippen molar-refractivity contribution in [3.05, 3.63) is 45.0 Å². The smallest absolute Gasteiger partial charge is 0.348 e. The number of amides is 1. The monoisotopic (exact) mass is 458 g/mol. The third kappa shape index (κ3) is 4.88. The quantitative estimate of drug-likeness (QED) is 0.522. The first-order valence-electron chi connectivity index (χ1n) is 9.84. The number of aromatic nitrogens is 1. The highest BCUT2D eigenvalue weighted by Gasteiger charge is 2.19. The Balaban J connectivity index is 1.34. The molecule has 1 aliphatic carbocycles. The number of thiazole rings is 1. The Morgan fingerprint density at radius 3 is 2.68 bits per heavy atom. The molecule has 9 heteroatoms. The normalized spacial score (nSPS) is 12.7. The lowest BCUT2D eigenvalue weighted by Crippen LogP contribution is -2.20. The fraction of sp³-hybridized carbons (Fsp3) is 0.318. The van der Waals surface area contributed by atoms with Gasteiger partial charge in [-0.3, -0.25) is 10.1 Å². The van der Waals surface area contributed by atoms with E-state index < -0.39 is 11.9 Å². The van der Waals surface area contributed by atoms with Gasteiger partial charge in [0.25, 0.3) is 5.91 Å². The molecule has 1 amide bonds. The average Bonchev–Trinajstić information content (AvgIpc) is 3.44. The molecule has 1 aliphatic rings. The number of hydrogen-bond donors (Lipinski definition) is 1. The van der Waals surface area contributed by atoms with Crippen LogP contribution in [0.1, 0.15) is 33.0 Å². The first-order valence-corrected chi connectivity index (χ1v) is 11.5. The summed E-state index contributed by atoms with van der Waals surface area (Å²) in [5.41, 5.74) is 2.77. The highest BCUT2D eigenvalue weighted by Crippen LogP contribution is 2.33. The van der Waals surface area contributed by atoms with Crippen molar-refractivity contribution >= 4 is 39.7 Å². The number of nitrogens with zero attached hydrogens (tertiary/aromatic N) is 1. The average molecular weight is 459 g/mol. The number of aryl methyl sites for hydroxylation is 2. The van der Waals surface area contributed by atoms with Crippen LogP contribution < -0.4 is 14.8 Å². The van der Waals surface area contributed by atoms with Crippen molar-refractivity contribution < 1.29 is 23.8 Å². The predicted octanol–water partition coefficient (Wildman–Crippen LogP) is 4.56. The van der Waals surface area contributed by atoms with Gasteiger partial charge in [-0.15, -0.1) is 22.7 Å². The van der Waals surface area contributed by atoms with E-state index in [-0.39, 0.29) is 6.61 Å². The molecular weight excluding hydrogens is 436 g/mol. The summed E-state index contributed by atoms with van der Waals surface area (Å²) < 4.78 is 15.8. The van der Waals surface area contributed by atoms with Gasteiger partial charge in [0.1, 0.15) is 4.88 Å². The number of esters is 1. The number of hydrogen-bond acceptors (Lipinski definition) is 8. The molecule has 3 aromatic rings. The maximum atomic E-state index is 12.3. The summed E-state index contributed by atoms with van der Waals surface area (Å²) in [5, 5.41) is 4.94. The molecule has 1 aromatic carbocycles. The number of ether oxygens (including phenoxy) is 3. The summed E-state index contributed by atoms with van der Waals surface area (Å²) in [5.74, 6) is 0.340. The number of carbonyl (C=O) groups is 2. The molecule has 7 nitrogen and oxygen atoms in total. The molecule has 31 heavy (non-hydrogen) atoms. The zero-order valence-corrected chi connectivity index (χ0v) is 18.9. The van der Waals surface area contributed by atoms with Gasteiger partial charge in [-0.2, -0.15) is 0 Å². The Hall–Kier alpha value is -2.91. The minimum Gasteiger partial charge on any atom is -0.493 e. The zero-order chi connectivity index (χ0) is 21.8. The van der Waals surface area contributed by atoms with Crippen molar-refractivity contribution in [3.8, 4) is 22.8 Å². The van der Waals surface area contributed by atoms with E-state index in [0.717, 1.165) is 31.2 Å². The highest BCUT2D eigenvalue weighted by molar-refractivity contribution is 7.14. The lowest BCUT2D eigenvalue weighted by Gasteiger charge is -2.08. The lowest BCUT2D eigenvalue weighted by atomic mass is 9.99. The molecule has 4 rings (SSSR count). The Morgan fingerprint density at radius 1 is 1.10 bits per heavy atom. The summed E-state index contributed by atoms with van der Waals surface area (Å²) >= 11 is 2.76. The van der Waals surface area contributed by atoms with Crippen LogP contribution in [-0.4, -0.2) is 37.7 Å². The van der Waals surface area contributed by atoms with E-state index >= 15 is 0 Å². The van der Waals surface area contributed by atoms with Crippen LogP contribution in [0.25, 0.3) is 11.3 Å². The first-order chi connectivity index (χ1) is 15.1. The van der Waals surface area contributed by atoms with Crippen molar-refractivity contribution in [1.82, 2.24) is 4.98 Å². The number of carbonyl (C=O) groups excluding carboxylic acids is 2.